The predicted molar refractivity (Wildman–Crippen MR) is 153 cm³/mol. The van der Waals surface area contributed by atoms with Crippen LogP contribution in [0.25, 0.3) is 27.2 Å². The summed E-state index contributed by atoms with van der Waals surface area (Å²) in [5.41, 5.74) is -0.642. The van der Waals surface area contributed by atoms with Gasteiger partial charge < -0.3 is 24.8 Å². The summed E-state index contributed by atoms with van der Waals surface area (Å²) < 4.78 is 39.7. The number of hydrogen-bond acceptors (Lipinski definition) is 7. The number of aliphatic hydroxyl groups is 1. The van der Waals surface area contributed by atoms with Crippen LogP contribution in [-0.4, -0.2) is 54.1 Å². The molecule has 0 spiro atoms. The molecule has 1 saturated heterocycles. The van der Waals surface area contributed by atoms with Gasteiger partial charge in [0.25, 0.3) is 0 Å². The number of halogens is 2. The summed E-state index contributed by atoms with van der Waals surface area (Å²) >= 11 is 0. The van der Waals surface area contributed by atoms with Crippen molar-refractivity contribution in [2.45, 2.75) is 44.8 Å². The average Bonchev–Trinajstić information content (AvgIpc) is 2.95. The van der Waals surface area contributed by atoms with Crippen molar-refractivity contribution in [2.75, 3.05) is 31.6 Å². The third-order valence-electron chi connectivity index (χ3n) is 6.89. The van der Waals surface area contributed by atoms with Crippen LogP contribution in [0.1, 0.15) is 39.2 Å². The number of nitriles is 1. The minimum Gasteiger partial charge on any atom is -0.494 e. The van der Waals surface area contributed by atoms with E-state index in [1.165, 1.54) is 37.4 Å². The Morgan fingerprint density at radius 1 is 1.17 bits per heavy atom. The van der Waals surface area contributed by atoms with Crippen molar-refractivity contribution in [3.8, 4) is 34.2 Å². The van der Waals surface area contributed by atoms with Crippen molar-refractivity contribution >= 4 is 17.6 Å². The van der Waals surface area contributed by atoms with E-state index in [9.17, 15) is 23.9 Å². The van der Waals surface area contributed by atoms with E-state index in [2.05, 4.69) is 16.2 Å². The molecule has 2 aromatic carbocycles. The van der Waals surface area contributed by atoms with Crippen LogP contribution in [0.5, 0.6) is 5.75 Å². The maximum Gasteiger partial charge on any atom is 0.407 e. The fourth-order valence-corrected chi connectivity index (χ4v) is 4.73. The molecule has 11 heteroatoms. The highest BCUT2D eigenvalue weighted by molar-refractivity contribution is 5.87. The fourth-order valence-electron chi connectivity index (χ4n) is 4.73. The summed E-state index contributed by atoms with van der Waals surface area (Å²) in [7, 11) is 1.34. The van der Waals surface area contributed by atoms with Gasteiger partial charge in [0.1, 0.15) is 17.2 Å². The normalized spacial score (nSPS) is 14.5. The van der Waals surface area contributed by atoms with Gasteiger partial charge in [-0.25, -0.2) is 23.4 Å². The molecule has 2 N–H and O–H groups in total. The molecule has 4 rings (SSSR count). The van der Waals surface area contributed by atoms with Crippen LogP contribution in [0, 0.1) is 29.5 Å². The molecular weight excluding hydrogens is 544 g/mol. The standard InChI is InChI=1S/C31H31F2N5O4/c1-30(2,3)42-29(39)36-18-31(40)10-12-38(13-11-31)26-16-21(17-34)27(19-7-9-25(41-5)23(33)14-19)28(37-26)20-6-8-24(35-4)22(32)15-20/h6-9,14-16,40H,10-13,18H2,1-3,5H3,(H,36,39). The van der Waals surface area contributed by atoms with Crippen LogP contribution in [0.2, 0.25) is 0 Å². The number of ether oxygens (including phenoxy) is 2. The third kappa shape index (κ3) is 6.76. The number of methoxy groups -OCH3 is 1. The van der Waals surface area contributed by atoms with E-state index in [4.69, 9.17) is 21.0 Å². The summed E-state index contributed by atoms with van der Waals surface area (Å²) in [4.78, 5) is 21.9. The number of carbonyl (C=O) groups excluding carboxylic acids is 1. The largest absolute Gasteiger partial charge is 0.494 e. The quantitative estimate of drug-likeness (QED) is 0.348. The minimum atomic E-state index is -1.17. The van der Waals surface area contributed by atoms with E-state index in [1.54, 1.807) is 32.9 Å². The molecule has 218 valence electrons. The Morgan fingerprint density at radius 2 is 1.83 bits per heavy atom. The van der Waals surface area contributed by atoms with E-state index in [0.717, 1.165) is 0 Å². The number of pyridine rings is 1. The zero-order chi connectivity index (χ0) is 30.7. The molecule has 1 aliphatic rings. The molecule has 1 fully saturated rings. The zero-order valence-electron chi connectivity index (χ0n) is 23.8. The molecule has 42 heavy (non-hydrogen) atoms. The molecule has 0 radical (unpaired) electrons. The lowest BCUT2D eigenvalue weighted by Gasteiger charge is -2.39. The average molecular weight is 576 g/mol. The van der Waals surface area contributed by atoms with Crippen LogP contribution in [0.4, 0.5) is 25.1 Å². The summed E-state index contributed by atoms with van der Waals surface area (Å²) in [5.74, 6) is -0.951. The highest BCUT2D eigenvalue weighted by Crippen LogP contribution is 2.39. The van der Waals surface area contributed by atoms with Crippen LogP contribution in [-0.2, 0) is 4.74 Å². The zero-order valence-corrected chi connectivity index (χ0v) is 23.8. The Labute approximate surface area is 243 Å². The van der Waals surface area contributed by atoms with Crippen molar-refractivity contribution in [1.82, 2.24) is 10.3 Å². The van der Waals surface area contributed by atoms with E-state index in [-0.39, 0.29) is 29.2 Å². The number of nitrogens with zero attached hydrogens (tertiary/aromatic N) is 4. The van der Waals surface area contributed by atoms with Crippen LogP contribution >= 0.6 is 0 Å². The van der Waals surface area contributed by atoms with E-state index in [1.807, 2.05) is 4.90 Å². The Kier molecular flexibility index (Phi) is 8.64. The molecule has 3 aromatic rings. The fraction of sp³-hybridized carbons (Fsp3) is 0.355. The van der Waals surface area contributed by atoms with Crippen molar-refractivity contribution in [2.24, 2.45) is 0 Å². The number of hydrogen-bond donors (Lipinski definition) is 2. The van der Waals surface area contributed by atoms with Gasteiger partial charge in [-0.15, -0.1) is 0 Å². The van der Waals surface area contributed by atoms with Crippen LogP contribution in [0.15, 0.2) is 42.5 Å². The number of benzene rings is 2. The maximum atomic E-state index is 14.7. The van der Waals surface area contributed by atoms with Gasteiger partial charge in [0.2, 0.25) is 5.69 Å². The van der Waals surface area contributed by atoms with E-state index >= 15 is 0 Å². The van der Waals surface area contributed by atoms with Crippen molar-refractivity contribution in [1.29, 1.82) is 5.26 Å². The van der Waals surface area contributed by atoms with E-state index < -0.39 is 28.9 Å². The second-order valence-electron chi connectivity index (χ2n) is 11.1. The van der Waals surface area contributed by atoms with Gasteiger partial charge in [-0.3, -0.25) is 0 Å². The molecular formula is C31H31F2N5O4. The Balaban J connectivity index is 1.69. The summed E-state index contributed by atoms with van der Waals surface area (Å²) in [5, 5.41) is 23.8. The number of alkyl carbamates (subject to hydrolysis) is 1. The van der Waals surface area contributed by atoms with Crippen LogP contribution < -0.4 is 15.0 Å². The molecule has 2 heterocycles. The Morgan fingerprint density at radius 3 is 2.40 bits per heavy atom. The highest BCUT2D eigenvalue weighted by Gasteiger charge is 2.34. The SMILES string of the molecule is [C-]#[N+]c1ccc(-c2nc(N3CCC(O)(CNC(=O)OC(C)(C)C)CC3)cc(C#N)c2-c2ccc(OC)c(F)c2)cc1F. The topological polar surface area (TPSA) is 112 Å². The number of amides is 1. The van der Waals surface area contributed by atoms with Gasteiger partial charge in [0.05, 0.1) is 36.6 Å². The molecule has 0 bridgehead atoms. The second-order valence-corrected chi connectivity index (χ2v) is 11.1. The lowest BCUT2D eigenvalue weighted by atomic mass is 9.91. The summed E-state index contributed by atoms with van der Waals surface area (Å²) in [6.45, 7) is 13.1. The van der Waals surface area contributed by atoms with Gasteiger partial charge >= 0.3 is 6.09 Å². The number of piperidine rings is 1. The third-order valence-corrected chi connectivity index (χ3v) is 6.89. The molecule has 0 aliphatic carbocycles. The minimum absolute atomic E-state index is 0.00648. The van der Waals surface area contributed by atoms with Crippen molar-refractivity contribution in [3.63, 3.8) is 0 Å². The molecule has 1 amide bonds. The molecule has 0 saturated carbocycles. The predicted octanol–water partition coefficient (Wildman–Crippen LogP) is 5.98. The molecule has 0 atom stereocenters. The first kappa shape index (κ1) is 30.2. The first-order valence-corrected chi connectivity index (χ1v) is 13.3. The summed E-state index contributed by atoms with van der Waals surface area (Å²) in [6.07, 6.45) is -0.0338. The van der Waals surface area contributed by atoms with Crippen LogP contribution in [0.3, 0.4) is 0 Å². The summed E-state index contributed by atoms with van der Waals surface area (Å²) in [6, 6.07) is 12.0. The molecule has 1 aliphatic heterocycles. The molecule has 0 unspecified atom stereocenters. The van der Waals surface area contributed by atoms with Crippen molar-refractivity contribution < 1.29 is 28.2 Å². The Bertz CT molecular complexity index is 1580. The maximum absolute atomic E-state index is 14.7. The number of anilines is 1. The van der Waals surface area contributed by atoms with Gasteiger partial charge in [-0.2, -0.15) is 5.26 Å². The number of aromatic nitrogens is 1. The number of nitrogens with one attached hydrogen (secondary N) is 1. The molecule has 1 aromatic heterocycles. The van der Waals surface area contributed by atoms with E-state index in [0.29, 0.717) is 48.4 Å². The molecule has 9 nitrogen and oxygen atoms in total. The van der Waals surface area contributed by atoms with Gasteiger partial charge in [0, 0.05) is 30.8 Å². The monoisotopic (exact) mass is 575 g/mol. The number of rotatable bonds is 6. The Hall–Kier alpha value is -4.74. The lowest BCUT2D eigenvalue weighted by Crippen LogP contribution is -2.51. The van der Waals surface area contributed by atoms with Crippen molar-refractivity contribution in [3.05, 3.63) is 71.1 Å². The second kappa shape index (κ2) is 12.0. The van der Waals surface area contributed by atoms with Gasteiger partial charge in [0.15, 0.2) is 11.6 Å². The van der Waals surface area contributed by atoms with Gasteiger partial charge in [-0.05, 0) is 63.4 Å². The van der Waals surface area contributed by atoms with Gasteiger partial charge in [-0.1, -0.05) is 18.2 Å². The number of carbonyl (C=O) groups is 1. The lowest BCUT2D eigenvalue weighted by molar-refractivity contribution is 0.00792. The smallest absolute Gasteiger partial charge is 0.407 e. The first-order valence-electron chi connectivity index (χ1n) is 13.3. The highest BCUT2D eigenvalue weighted by atomic mass is 19.1. The first-order chi connectivity index (χ1) is 19.9.